The van der Waals surface area contributed by atoms with Crippen LogP contribution in [-0.4, -0.2) is 62.7 Å². The zero-order valence-electron chi connectivity index (χ0n) is 16.5. The third-order valence-electron chi connectivity index (χ3n) is 5.02. The normalized spacial score (nSPS) is 15.6. The number of nitrogens with one attached hydrogen (secondary N) is 1. The molecule has 1 aliphatic heterocycles. The molecule has 0 aromatic heterocycles. The van der Waals surface area contributed by atoms with Crippen LogP contribution in [0.3, 0.4) is 0 Å². The molecule has 1 amide bonds. The van der Waals surface area contributed by atoms with Crippen molar-refractivity contribution >= 4 is 29.2 Å². The Balaban J connectivity index is 1.51. The molecule has 2 aromatic rings. The molecular formula is C22H26ClN3O3. The van der Waals surface area contributed by atoms with Crippen LogP contribution in [0.2, 0.25) is 5.02 Å². The predicted octanol–water partition coefficient (Wildman–Crippen LogP) is 2.36. The second-order valence-corrected chi connectivity index (χ2v) is 7.51. The Morgan fingerprint density at radius 2 is 1.79 bits per heavy atom. The van der Waals surface area contributed by atoms with E-state index in [1.54, 1.807) is 0 Å². The third-order valence-corrected chi connectivity index (χ3v) is 5.25. The molecule has 0 aliphatic carbocycles. The zero-order chi connectivity index (χ0) is 20.6. The minimum Gasteiger partial charge on any atom is -0.467 e. The average Bonchev–Trinajstić information content (AvgIpc) is 2.74. The molecule has 0 radical (unpaired) electrons. The Morgan fingerprint density at radius 1 is 1.07 bits per heavy atom. The van der Waals surface area contributed by atoms with Gasteiger partial charge in [0.25, 0.3) is 0 Å². The number of nitrogens with zero attached hydrogens (tertiary/aromatic N) is 2. The van der Waals surface area contributed by atoms with E-state index in [2.05, 4.69) is 15.1 Å². The van der Waals surface area contributed by atoms with Gasteiger partial charge in [0, 0.05) is 43.3 Å². The summed E-state index contributed by atoms with van der Waals surface area (Å²) < 4.78 is 4.86. The first-order valence-corrected chi connectivity index (χ1v) is 10.1. The molecule has 6 nitrogen and oxygen atoms in total. The third kappa shape index (κ3) is 6.21. The van der Waals surface area contributed by atoms with Crippen LogP contribution in [0, 0.1) is 0 Å². The monoisotopic (exact) mass is 415 g/mol. The summed E-state index contributed by atoms with van der Waals surface area (Å²) in [6, 6.07) is 16.7. The number of halogens is 1. The lowest BCUT2D eigenvalue weighted by Crippen LogP contribution is -2.52. The van der Waals surface area contributed by atoms with E-state index >= 15 is 0 Å². The van der Waals surface area contributed by atoms with Crippen molar-refractivity contribution in [1.82, 2.24) is 10.2 Å². The number of rotatable bonds is 7. The van der Waals surface area contributed by atoms with Crippen molar-refractivity contribution in [2.45, 2.75) is 12.5 Å². The molecule has 3 rings (SSSR count). The van der Waals surface area contributed by atoms with Crippen LogP contribution in [0.1, 0.15) is 5.56 Å². The first-order chi connectivity index (χ1) is 14.0. The maximum atomic E-state index is 12.5. The van der Waals surface area contributed by atoms with Crippen molar-refractivity contribution in [1.29, 1.82) is 0 Å². The molecule has 1 saturated heterocycles. The summed E-state index contributed by atoms with van der Waals surface area (Å²) in [6.07, 6.45) is 0.405. The van der Waals surface area contributed by atoms with E-state index in [-0.39, 0.29) is 12.5 Å². The maximum Gasteiger partial charge on any atom is 0.328 e. The molecule has 154 valence electrons. The highest BCUT2D eigenvalue weighted by Crippen LogP contribution is 2.20. The summed E-state index contributed by atoms with van der Waals surface area (Å²) in [5.41, 5.74) is 2.06. The summed E-state index contributed by atoms with van der Waals surface area (Å²) in [5, 5.41) is 3.55. The van der Waals surface area contributed by atoms with E-state index < -0.39 is 12.0 Å². The fraction of sp³-hybridized carbons (Fsp3) is 0.364. The number of piperazine rings is 1. The summed E-state index contributed by atoms with van der Waals surface area (Å²) >= 11 is 6.08. The number of hydrogen-bond donors (Lipinski definition) is 1. The van der Waals surface area contributed by atoms with Crippen LogP contribution >= 0.6 is 11.6 Å². The predicted molar refractivity (Wildman–Crippen MR) is 114 cm³/mol. The van der Waals surface area contributed by atoms with Gasteiger partial charge in [0.2, 0.25) is 5.91 Å². The number of carbonyl (C=O) groups excluding carboxylic acids is 2. The van der Waals surface area contributed by atoms with Crippen LogP contribution in [0.5, 0.6) is 0 Å². The van der Waals surface area contributed by atoms with Gasteiger partial charge in [-0.25, -0.2) is 4.79 Å². The second-order valence-electron chi connectivity index (χ2n) is 7.08. The van der Waals surface area contributed by atoms with Crippen molar-refractivity contribution in [3.8, 4) is 0 Å². The number of amides is 1. The molecule has 1 heterocycles. The molecule has 0 spiro atoms. The number of anilines is 1. The lowest BCUT2D eigenvalue weighted by molar-refractivity contribution is -0.145. The van der Waals surface area contributed by atoms with Crippen molar-refractivity contribution < 1.29 is 14.3 Å². The van der Waals surface area contributed by atoms with Gasteiger partial charge in [-0.15, -0.1) is 0 Å². The Labute approximate surface area is 176 Å². The van der Waals surface area contributed by atoms with E-state index in [0.717, 1.165) is 42.5 Å². The van der Waals surface area contributed by atoms with Gasteiger partial charge in [-0.05, 0) is 23.8 Å². The van der Waals surface area contributed by atoms with E-state index in [1.807, 2.05) is 54.6 Å². The van der Waals surface area contributed by atoms with Crippen LogP contribution < -0.4 is 10.2 Å². The molecule has 7 heteroatoms. The smallest absolute Gasteiger partial charge is 0.328 e. The first kappa shape index (κ1) is 21.1. The summed E-state index contributed by atoms with van der Waals surface area (Å²) in [6.45, 7) is 3.42. The van der Waals surface area contributed by atoms with Crippen molar-refractivity contribution in [2.75, 3.05) is 44.7 Å². The zero-order valence-corrected chi connectivity index (χ0v) is 17.3. The van der Waals surface area contributed by atoms with Crippen molar-refractivity contribution in [3.63, 3.8) is 0 Å². The minimum absolute atomic E-state index is 0.174. The topological polar surface area (TPSA) is 61.9 Å². The van der Waals surface area contributed by atoms with Crippen LogP contribution in [0.25, 0.3) is 0 Å². The van der Waals surface area contributed by atoms with Gasteiger partial charge >= 0.3 is 5.97 Å². The largest absolute Gasteiger partial charge is 0.467 e. The Kier molecular flexibility index (Phi) is 7.49. The van der Waals surface area contributed by atoms with Gasteiger partial charge < -0.3 is 15.0 Å². The number of benzene rings is 2. The number of methoxy groups -OCH3 is 1. The lowest BCUT2D eigenvalue weighted by atomic mass is 10.1. The number of carbonyl (C=O) groups is 2. The second kappa shape index (κ2) is 10.3. The summed E-state index contributed by atoms with van der Waals surface area (Å²) in [7, 11) is 1.33. The molecular weight excluding hydrogens is 390 g/mol. The maximum absolute atomic E-state index is 12.5. The van der Waals surface area contributed by atoms with Gasteiger partial charge in [-0.2, -0.15) is 0 Å². The lowest BCUT2D eigenvalue weighted by Gasteiger charge is -2.36. The quantitative estimate of drug-likeness (QED) is 0.703. The first-order valence-electron chi connectivity index (χ1n) is 9.69. The van der Waals surface area contributed by atoms with Crippen molar-refractivity contribution in [3.05, 3.63) is 65.2 Å². The number of ether oxygens (including phenoxy) is 1. The van der Waals surface area contributed by atoms with E-state index in [9.17, 15) is 9.59 Å². The van der Waals surface area contributed by atoms with E-state index in [4.69, 9.17) is 16.3 Å². The van der Waals surface area contributed by atoms with Crippen molar-refractivity contribution in [2.24, 2.45) is 0 Å². The summed E-state index contributed by atoms with van der Waals surface area (Å²) in [4.78, 5) is 29.0. The molecule has 1 aliphatic rings. The number of hydrogen-bond acceptors (Lipinski definition) is 5. The standard InChI is InChI=1S/C22H26ClN3O3/c1-29-22(28)20(14-17-6-3-2-4-7-17)24-21(27)16-25-10-12-26(13-11-25)19-9-5-8-18(23)15-19/h2-9,15,20H,10-14,16H2,1H3,(H,24,27)/t20-/m1/s1. The molecule has 29 heavy (non-hydrogen) atoms. The van der Waals surface area contributed by atoms with Gasteiger partial charge in [-0.1, -0.05) is 48.0 Å². The fourth-order valence-electron chi connectivity index (χ4n) is 3.47. The molecule has 0 saturated carbocycles. The summed E-state index contributed by atoms with van der Waals surface area (Å²) in [5.74, 6) is -0.611. The van der Waals surface area contributed by atoms with E-state index in [1.165, 1.54) is 7.11 Å². The van der Waals surface area contributed by atoms with Gasteiger partial charge in [0.1, 0.15) is 6.04 Å². The van der Waals surface area contributed by atoms with Crippen LogP contribution in [0.15, 0.2) is 54.6 Å². The SMILES string of the molecule is COC(=O)[C@@H](Cc1ccccc1)NC(=O)CN1CCN(c2cccc(Cl)c2)CC1. The molecule has 0 bridgehead atoms. The van der Waals surface area contributed by atoms with Crippen LogP contribution in [0.4, 0.5) is 5.69 Å². The Bertz CT molecular complexity index is 823. The van der Waals surface area contributed by atoms with Gasteiger partial charge in [0.15, 0.2) is 0 Å². The van der Waals surface area contributed by atoms with Gasteiger partial charge in [-0.3, -0.25) is 9.69 Å². The minimum atomic E-state index is -0.692. The highest BCUT2D eigenvalue weighted by molar-refractivity contribution is 6.30. The van der Waals surface area contributed by atoms with E-state index in [0.29, 0.717) is 6.42 Å². The molecule has 1 atom stereocenters. The number of esters is 1. The van der Waals surface area contributed by atoms with Crippen LogP contribution in [-0.2, 0) is 20.7 Å². The molecule has 0 unspecified atom stereocenters. The van der Waals surface area contributed by atoms with Gasteiger partial charge in [0.05, 0.1) is 13.7 Å². The fourth-order valence-corrected chi connectivity index (χ4v) is 3.65. The highest BCUT2D eigenvalue weighted by Gasteiger charge is 2.24. The molecule has 2 aromatic carbocycles. The Morgan fingerprint density at radius 3 is 2.45 bits per heavy atom. The highest BCUT2D eigenvalue weighted by atomic mass is 35.5. The Hall–Kier alpha value is -2.57. The average molecular weight is 416 g/mol. The molecule has 1 N–H and O–H groups in total. The molecule has 1 fully saturated rings.